The quantitative estimate of drug-likeness (QED) is 0.307. The second kappa shape index (κ2) is 9.33. The van der Waals surface area contributed by atoms with Gasteiger partial charge in [0.2, 0.25) is 0 Å². The zero-order chi connectivity index (χ0) is 31.8. The van der Waals surface area contributed by atoms with Gasteiger partial charge in [-0.25, -0.2) is 0 Å². The summed E-state index contributed by atoms with van der Waals surface area (Å²) in [6, 6.07) is 10.3. The van der Waals surface area contributed by atoms with Gasteiger partial charge in [-0.15, -0.1) is 0 Å². The average molecular weight is 609 g/mol. The molecule has 7 rings (SSSR count). The van der Waals surface area contributed by atoms with Crippen molar-refractivity contribution in [1.29, 1.82) is 0 Å². The van der Waals surface area contributed by atoms with E-state index in [2.05, 4.69) is 46.8 Å². The Bertz CT molecular complexity index is 1330. The van der Waals surface area contributed by atoms with Crippen LogP contribution in [0.1, 0.15) is 111 Å². The molecule has 6 fully saturated rings. The predicted octanol–water partition coefficient (Wildman–Crippen LogP) is 6.60. The molecule has 6 nitrogen and oxygen atoms in total. The summed E-state index contributed by atoms with van der Waals surface area (Å²) in [5, 5.41) is 46.4. The maximum atomic E-state index is 12.6. The van der Waals surface area contributed by atoms with Crippen LogP contribution in [0.3, 0.4) is 0 Å². The molecule has 13 atom stereocenters. The standard InChI is InChI=1S/C38H56O6/c1-24-36-13-12-26-33(4)17-16-31(2)14-15-32(3,30(41)42)21-27(31)34(33,5)18-19-35(26,6)37(36,23-39)28(40)22-38(24,43)44-29(36)20-25-10-8-7-9-11-25/h7-11,24,26-29,39-40,43H,12-23H2,1-6H3,(H,41,42). The van der Waals surface area contributed by atoms with Gasteiger partial charge in [0.25, 0.3) is 0 Å². The number of ether oxygens (including phenoxy) is 1. The Morgan fingerprint density at radius 1 is 0.864 bits per heavy atom. The van der Waals surface area contributed by atoms with Gasteiger partial charge in [-0.3, -0.25) is 4.79 Å². The summed E-state index contributed by atoms with van der Waals surface area (Å²) >= 11 is 0. The Morgan fingerprint density at radius 3 is 2.14 bits per heavy atom. The molecule has 5 saturated carbocycles. The van der Waals surface area contributed by atoms with Crippen LogP contribution < -0.4 is 0 Å². The molecule has 0 amide bonds. The highest BCUT2D eigenvalue weighted by Crippen LogP contribution is 2.83. The van der Waals surface area contributed by atoms with E-state index in [9.17, 15) is 25.2 Å². The van der Waals surface area contributed by atoms with Crippen LogP contribution in [0.15, 0.2) is 30.3 Å². The fraction of sp³-hybridized carbons (Fsp3) is 0.816. The average Bonchev–Trinajstić information content (AvgIpc) is 3.11. The van der Waals surface area contributed by atoms with Crippen molar-refractivity contribution in [2.75, 3.05) is 6.61 Å². The first kappa shape index (κ1) is 31.1. The lowest BCUT2D eigenvalue weighted by Gasteiger charge is -2.78. The highest BCUT2D eigenvalue weighted by molar-refractivity contribution is 5.74. The normalized spacial score (nSPS) is 56.2. The fourth-order valence-electron chi connectivity index (χ4n) is 14.0. The number of carbonyl (C=O) groups is 1. The third-order valence-electron chi connectivity index (χ3n) is 16.9. The second-order valence-corrected chi connectivity index (χ2v) is 17.9. The maximum absolute atomic E-state index is 12.6. The van der Waals surface area contributed by atoms with Crippen molar-refractivity contribution in [3.05, 3.63) is 35.9 Å². The number of carboxylic acid groups (broad SMARTS) is 1. The summed E-state index contributed by atoms with van der Waals surface area (Å²) in [5.41, 5.74) is -1.27. The molecule has 1 spiro atoms. The molecule has 1 saturated heterocycles. The topological polar surface area (TPSA) is 107 Å². The minimum atomic E-state index is -1.41. The van der Waals surface area contributed by atoms with E-state index in [1.165, 1.54) is 0 Å². The highest BCUT2D eigenvalue weighted by Gasteiger charge is 2.83. The van der Waals surface area contributed by atoms with E-state index in [-0.39, 0.29) is 52.6 Å². The van der Waals surface area contributed by atoms with Crippen molar-refractivity contribution in [2.45, 2.75) is 130 Å². The van der Waals surface area contributed by atoms with Crippen LogP contribution in [0.4, 0.5) is 0 Å². The van der Waals surface area contributed by atoms with Crippen LogP contribution in [0, 0.1) is 55.7 Å². The molecular weight excluding hydrogens is 552 g/mol. The first-order valence-electron chi connectivity index (χ1n) is 17.5. The van der Waals surface area contributed by atoms with Crippen LogP contribution in [-0.4, -0.2) is 51.0 Å². The molecule has 44 heavy (non-hydrogen) atoms. The van der Waals surface area contributed by atoms with Crippen molar-refractivity contribution in [2.24, 2.45) is 55.7 Å². The Balaban J connectivity index is 1.34. The second-order valence-electron chi connectivity index (χ2n) is 17.9. The zero-order valence-corrected chi connectivity index (χ0v) is 27.9. The maximum Gasteiger partial charge on any atom is 0.309 e. The number of aliphatic hydroxyl groups is 3. The van der Waals surface area contributed by atoms with Crippen LogP contribution in [-0.2, 0) is 16.0 Å². The van der Waals surface area contributed by atoms with E-state index in [0.717, 1.165) is 63.4 Å². The lowest BCUT2D eigenvalue weighted by molar-refractivity contribution is -0.333. The summed E-state index contributed by atoms with van der Waals surface area (Å²) < 4.78 is 6.68. The number of aliphatic hydroxyl groups excluding tert-OH is 2. The molecule has 1 heterocycles. The van der Waals surface area contributed by atoms with Gasteiger partial charge in [-0.2, -0.15) is 0 Å². The Hall–Kier alpha value is -1.47. The molecule has 1 aliphatic heterocycles. The van der Waals surface area contributed by atoms with Crippen molar-refractivity contribution >= 4 is 5.97 Å². The number of aliphatic carboxylic acids is 1. The molecule has 0 aromatic heterocycles. The number of hydrogen-bond donors (Lipinski definition) is 4. The monoisotopic (exact) mass is 608 g/mol. The number of benzene rings is 1. The van der Waals surface area contributed by atoms with Gasteiger partial charge in [0.1, 0.15) is 0 Å². The molecule has 1 aromatic rings. The molecule has 244 valence electrons. The van der Waals surface area contributed by atoms with Crippen LogP contribution in [0.25, 0.3) is 0 Å². The first-order valence-corrected chi connectivity index (χ1v) is 17.5. The van der Waals surface area contributed by atoms with E-state index in [1.807, 2.05) is 25.1 Å². The van der Waals surface area contributed by atoms with Crippen LogP contribution in [0.2, 0.25) is 0 Å². The van der Waals surface area contributed by atoms with Crippen molar-refractivity contribution in [3.8, 4) is 0 Å². The van der Waals surface area contributed by atoms with E-state index in [0.29, 0.717) is 12.3 Å². The highest BCUT2D eigenvalue weighted by atomic mass is 16.6. The van der Waals surface area contributed by atoms with Gasteiger partial charge in [-0.05, 0) is 110 Å². The van der Waals surface area contributed by atoms with Gasteiger partial charge in [0.05, 0.1) is 24.2 Å². The van der Waals surface area contributed by atoms with Crippen molar-refractivity contribution in [3.63, 3.8) is 0 Å². The van der Waals surface area contributed by atoms with E-state index < -0.39 is 34.1 Å². The molecule has 0 radical (unpaired) electrons. The fourth-order valence-corrected chi connectivity index (χ4v) is 14.0. The minimum Gasteiger partial charge on any atom is -0.481 e. The zero-order valence-electron chi connectivity index (χ0n) is 27.9. The SMILES string of the molecule is CC1C2(O)CC(O)C3(CO)C4(C)CCC5(C)C6CC(C)(C(=O)O)CCC6(C)CCC5(C)C4CCC13C(Cc1ccccc1)O2. The van der Waals surface area contributed by atoms with Crippen LogP contribution in [0.5, 0.6) is 0 Å². The summed E-state index contributed by atoms with van der Waals surface area (Å²) in [6.45, 7) is 13.7. The molecule has 4 N–H and O–H groups in total. The third kappa shape index (κ3) is 3.40. The van der Waals surface area contributed by atoms with Gasteiger partial charge in [0, 0.05) is 23.2 Å². The Kier molecular flexibility index (Phi) is 6.60. The molecule has 13 unspecified atom stereocenters. The summed E-state index contributed by atoms with van der Waals surface area (Å²) in [5.74, 6) is -1.71. The number of hydrogen-bond acceptors (Lipinski definition) is 5. The summed E-state index contributed by atoms with van der Waals surface area (Å²) in [7, 11) is 0. The summed E-state index contributed by atoms with van der Waals surface area (Å²) in [6.07, 6.45) is 7.80. The minimum absolute atomic E-state index is 0.0377. The number of fused-ring (bicyclic) bond motifs is 7. The van der Waals surface area contributed by atoms with Crippen molar-refractivity contribution in [1.82, 2.24) is 0 Å². The summed E-state index contributed by atoms with van der Waals surface area (Å²) in [4.78, 5) is 12.6. The predicted molar refractivity (Wildman–Crippen MR) is 168 cm³/mol. The lowest BCUT2D eigenvalue weighted by atomic mass is 9.26. The van der Waals surface area contributed by atoms with E-state index in [4.69, 9.17) is 4.74 Å². The lowest BCUT2D eigenvalue weighted by Crippen LogP contribution is -2.77. The van der Waals surface area contributed by atoms with E-state index >= 15 is 0 Å². The van der Waals surface area contributed by atoms with Gasteiger partial charge in [-0.1, -0.05) is 65.0 Å². The van der Waals surface area contributed by atoms with Gasteiger partial charge < -0.3 is 25.2 Å². The molecule has 6 heteroatoms. The smallest absolute Gasteiger partial charge is 0.309 e. The Morgan fingerprint density at radius 2 is 1.48 bits per heavy atom. The third-order valence-corrected chi connectivity index (χ3v) is 16.9. The van der Waals surface area contributed by atoms with Crippen LogP contribution >= 0.6 is 0 Å². The van der Waals surface area contributed by atoms with Gasteiger partial charge >= 0.3 is 5.97 Å². The van der Waals surface area contributed by atoms with E-state index in [1.54, 1.807) is 0 Å². The molecule has 1 aromatic carbocycles. The number of carboxylic acids is 1. The molecule has 6 aliphatic rings. The molecular formula is C38H56O6. The Labute approximate surface area is 264 Å². The largest absolute Gasteiger partial charge is 0.481 e. The van der Waals surface area contributed by atoms with Crippen molar-refractivity contribution < 1.29 is 30.0 Å². The molecule has 5 aliphatic carbocycles. The molecule has 2 bridgehead atoms. The first-order chi connectivity index (χ1) is 20.5. The van der Waals surface area contributed by atoms with Gasteiger partial charge in [0.15, 0.2) is 5.79 Å². The number of rotatable bonds is 4.